The molecular formula is C30H34N10O6S2. The van der Waals surface area contributed by atoms with Crippen molar-refractivity contribution < 1.29 is 35.9 Å². The van der Waals surface area contributed by atoms with E-state index in [2.05, 4.69) is 29.9 Å². The number of imidazole rings is 2. The van der Waals surface area contributed by atoms with Crippen LogP contribution in [0.1, 0.15) is 11.1 Å². The fourth-order valence-corrected chi connectivity index (χ4v) is 4.65. The zero-order valence-corrected chi connectivity index (χ0v) is 27.3. The zero-order chi connectivity index (χ0) is 35.5. The lowest BCUT2D eigenvalue weighted by Crippen LogP contribution is -2.73. The van der Waals surface area contributed by atoms with Crippen molar-refractivity contribution in [1.29, 1.82) is 0 Å². The van der Waals surface area contributed by atoms with Gasteiger partial charge in [0.05, 0.1) is 9.79 Å². The topological polar surface area (TPSA) is 304 Å². The standard InChI is InChI=1S/2C8H9N5.2C7H8O3S/c2*9-7(10)13-8-11-5-3-1-2-4-6(5)12-8;2*1-6-2-4-7(5-3-6)11(8,9)10/h2*1-4H,(H5,9,10,11,12,13);2*2-5H,1H3,(H,8,9,10). The first-order chi connectivity index (χ1) is 22.5. The molecule has 0 aliphatic rings. The van der Waals surface area contributed by atoms with Gasteiger partial charge in [-0.2, -0.15) is 0 Å². The number of aromatic nitrogens is 4. The van der Waals surface area contributed by atoms with Crippen LogP contribution in [0.2, 0.25) is 0 Å². The Labute approximate surface area is 276 Å². The van der Waals surface area contributed by atoms with Crippen LogP contribution < -0.4 is 32.9 Å². The predicted molar refractivity (Wildman–Crippen MR) is 178 cm³/mol. The van der Waals surface area contributed by atoms with Gasteiger partial charge < -0.3 is 32.0 Å². The maximum absolute atomic E-state index is 10.4. The molecule has 0 aliphatic carbocycles. The Morgan fingerprint density at radius 3 is 1.15 bits per heavy atom. The molecular weight excluding hydrogens is 661 g/mol. The summed E-state index contributed by atoms with van der Waals surface area (Å²) in [4.78, 5) is 19.5. The minimum atomic E-state index is -4.27. The summed E-state index contributed by atoms with van der Waals surface area (Å²) in [7, 11) is -8.54. The lowest BCUT2D eigenvalue weighted by atomic mass is 10.2. The van der Waals surface area contributed by atoms with Gasteiger partial charge in [-0.1, -0.05) is 59.7 Å². The number of guanidine groups is 2. The summed E-state index contributed by atoms with van der Waals surface area (Å²) in [5.41, 5.74) is 26.6. The van der Waals surface area contributed by atoms with Crippen LogP contribution >= 0.6 is 0 Å². The van der Waals surface area contributed by atoms with E-state index < -0.39 is 20.2 Å². The van der Waals surface area contributed by atoms with Crippen molar-refractivity contribution >= 4 is 66.1 Å². The summed E-state index contributed by atoms with van der Waals surface area (Å²) in [6.07, 6.45) is 0. The van der Waals surface area contributed by atoms with Crippen molar-refractivity contribution in [3.05, 3.63) is 108 Å². The molecule has 2 heterocycles. The number of para-hydroxylation sites is 4. The summed E-state index contributed by atoms with van der Waals surface area (Å²) in [6.45, 7) is 3.64. The van der Waals surface area contributed by atoms with E-state index in [9.17, 15) is 25.9 Å². The second-order valence-corrected chi connectivity index (χ2v) is 12.7. The smallest absolute Gasteiger partial charge is 0.323 e. The van der Waals surface area contributed by atoms with Gasteiger partial charge in [0, 0.05) is 0 Å². The van der Waals surface area contributed by atoms with Gasteiger partial charge >= 0.3 is 11.9 Å². The summed E-state index contributed by atoms with van der Waals surface area (Å²) in [5.74, 6) is 1.36. The number of rotatable bonds is 4. The Kier molecular flexibility index (Phi) is 12.3. The Morgan fingerprint density at radius 1 is 0.562 bits per heavy atom. The highest BCUT2D eigenvalue weighted by Gasteiger charge is 2.05. The quantitative estimate of drug-likeness (QED) is 0.0619. The first kappa shape index (κ1) is 36.6. The van der Waals surface area contributed by atoms with Gasteiger partial charge in [0.1, 0.15) is 42.3 Å². The molecule has 2 aromatic heterocycles. The number of hydrogen-bond acceptors (Lipinski definition) is 8. The summed E-state index contributed by atoms with van der Waals surface area (Å²) in [5, 5.41) is 0. The van der Waals surface area contributed by atoms with Crippen molar-refractivity contribution in [2.24, 2.45) is 22.9 Å². The maximum Gasteiger partial charge on any atom is 0.323 e. The second kappa shape index (κ2) is 16.1. The highest BCUT2D eigenvalue weighted by molar-refractivity contribution is 7.86. The fourth-order valence-electron chi connectivity index (χ4n) is 3.71. The second-order valence-electron chi connectivity index (χ2n) is 9.90. The van der Waals surface area contributed by atoms with Crippen molar-refractivity contribution in [3.63, 3.8) is 0 Å². The van der Waals surface area contributed by atoms with Gasteiger partial charge in [0.15, 0.2) is 0 Å². The van der Waals surface area contributed by atoms with Gasteiger partial charge in [-0.05, 0) is 62.4 Å². The monoisotopic (exact) mass is 694 g/mol. The molecule has 0 saturated heterocycles. The number of benzene rings is 4. The SMILES string of the molecule is Cc1ccc(S(=O)(=O)[O-])cc1.Cc1ccc(S(=O)(=O)[O-])cc1.NC(N)=[NH+]c1nc2ccccc2[nH]1.NC(N)=[NH+]c1nc2ccccc2[nH]1. The molecule has 6 rings (SSSR count). The number of nitrogens with one attached hydrogen (secondary N) is 4. The van der Waals surface area contributed by atoms with E-state index in [4.69, 9.17) is 22.9 Å². The van der Waals surface area contributed by atoms with Gasteiger partial charge in [-0.3, -0.25) is 9.97 Å². The zero-order valence-electron chi connectivity index (χ0n) is 25.7. The van der Waals surface area contributed by atoms with Crippen molar-refractivity contribution in [1.82, 2.24) is 19.9 Å². The molecule has 18 heteroatoms. The Bertz CT molecular complexity index is 2010. The first-order valence-corrected chi connectivity index (χ1v) is 16.6. The molecule has 0 spiro atoms. The number of aromatic amines is 2. The third kappa shape index (κ3) is 11.8. The minimum Gasteiger partial charge on any atom is -0.744 e. The van der Waals surface area contributed by atoms with E-state index in [1.165, 1.54) is 24.3 Å². The van der Waals surface area contributed by atoms with Crippen molar-refractivity contribution in [2.45, 2.75) is 23.6 Å². The summed E-state index contributed by atoms with van der Waals surface area (Å²) < 4.78 is 62.3. The van der Waals surface area contributed by atoms with Gasteiger partial charge in [-0.25, -0.2) is 26.8 Å². The minimum absolute atomic E-state index is 0.124. The number of nitrogens with two attached hydrogens (primary N) is 4. The summed E-state index contributed by atoms with van der Waals surface area (Å²) in [6, 6.07) is 26.9. The molecule has 0 aliphatic heterocycles. The number of fused-ring (bicyclic) bond motifs is 2. The van der Waals surface area contributed by atoms with E-state index >= 15 is 0 Å². The molecule has 0 radical (unpaired) electrons. The average Bonchev–Trinajstić information content (AvgIpc) is 3.59. The van der Waals surface area contributed by atoms with Crippen LogP contribution in [0, 0.1) is 13.8 Å². The molecule has 0 unspecified atom stereocenters. The molecule has 16 nitrogen and oxygen atoms in total. The average molecular weight is 695 g/mol. The molecule has 0 fully saturated rings. The lowest BCUT2D eigenvalue weighted by Gasteiger charge is -2.05. The van der Waals surface area contributed by atoms with E-state index in [1.807, 2.05) is 62.4 Å². The predicted octanol–water partition coefficient (Wildman–Crippen LogP) is -1.10. The number of aryl methyl sites for hydroxylation is 2. The number of hydrogen-bond donors (Lipinski definition) is 8. The third-order valence-electron chi connectivity index (χ3n) is 5.92. The van der Waals surface area contributed by atoms with Crippen LogP contribution in [0.15, 0.2) is 107 Å². The Balaban J connectivity index is 0.000000174. The van der Waals surface area contributed by atoms with Gasteiger partial charge in [0.25, 0.3) is 11.9 Å². The molecule has 4 aromatic carbocycles. The summed E-state index contributed by atoms with van der Waals surface area (Å²) >= 11 is 0. The Hall–Kier alpha value is -5.82. The molecule has 6 aromatic rings. The number of nitrogens with zero attached hydrogens (tertiary/aromatic N) is 2. The molecule has 252 valence electrons. The van der Waals surface area contributed by atoms with Gasteiger partial charge in [-0.15, -0.1) is 9.97 Å². The highest BCUT2D eigenvalue weighted by atomic mass is 32.2. The van der Waals surface area contributed by atoms with E-state index in [0.717, 1.165) is 33.2 Å². The largest absolute Gasteiger partial charge is 0.744 e. The third-order valence-corrected chi connectivity index (χ3v) is 7.62. The van der Waals surface area contributed by atoms with E-state index in [1.54, 1.807) is 24.3 Å². The van der Waals surface area contributed by atoms with Crippen LogP contribution in [0.5, 0.6) is 0 Å². The van der Waals surface area contributed by atoms with Crippen molar-refractivity contribution in [2.75, 3.05) is 0 Å². The molecule has 0 atom stereocenters. The van der Waals surface area contributed by atoms with Crippen LogP contribution in [-0.4, -0.2) is 57.8 Å². The maximum atomic E-state index is 10.4. The van der Waals surface area contributed by atoms with Crippen LogP contribution in [0.25, 0.3) is 22.1 Å². The van der Waals surface area contributed by atoms with Crippen LogP contribution in [-0.2, 0) is 20.2 Å². The molecule has 48 heavy (non-hydrogen) atoms. The number of H-pyrrole nitrogens is 2. The molecule has 0 amide bonds. The van der Waals surface area contributed by atoms with Crippen LogP contribution in [0.4, 0.5) is 11.9 Å². The van der Waals surface area contributed by atoms with Gasteiger partial charge in [0.2, 0.25) is 0 Å². The normalized spacial score (nSPS) is 10.8. The van der Waals surface area contributed by atoms with Crippen LogP contribution in [0.3, 0.4) is 0 Å². The van der Waals surface area contributed by atoms with E-state index in [-0.39, 0.29) is 21.7 Å². The molecule has 0 bridgehead atoms. The van der Waals surface area contributed by atoms with Crippen molar-refractivity contribution in [3.8, 4) is 0 Å². The van der Waals surface area contributed by atoms with E-state index in [0.29, 0.717) is 11.9 Å². The first-order valence-electron chi connectivity index (χ1n) is 13.8. The fraction of sp³-hybridized carbons (Fsp3) is 0.0667. The highest BCUT2D eigenvalue weighted by Crippen LogP contribution is 2.11. The lowest BCUT2D eigenvalue weighted by molar-refractivity contribution is -0.366. The molecule has 0 saturated carbocycles. The Morgan fingerprint density at radius 2 is 0.875 bits per heavy atom. The molecule has 12 N–H and O–H groups in total.